The molecule has 0 aliphatic carbocycles. The molecule has 1 heterocycles. The van der Waals surface area contributed by atoms with Gasteiger partial charge in [-0.1, -0.05) is 18.2 Å². The number of hydrogen-bond donors (Lipinski definition) is 1. The van der Waals surface area contributed by atoms with E-state index in [0.717, 1.165) is 16.5 Å². The third kappa shape index (κ3) is 1.99. The van der Waals surface area contributed by atoms with E-state index < -0.39 is 0 Å². The zero-order chi connectivity index (χ0) is 10.5. The quantitative estimate of drug-likeness (QED) is 0.460. The Morgan fingerprint density at radius 2 is 2.13 bits per heavy atom. The third-order valence-electron chi connectivity index (χ3n) is 2.01. The Bertz CT molecular complexity index is 503. The number of para-hydroxylation sites is 1. The molecule has 2 aromatic rings. The molecule has 0 unspecified atom stereocenters. The summed E-state index contributed by atoms with van der Waals surface area (Å²) in [4.78, 5) is 14.2. The van der Waals surface area contributed by atoms with Gasteiger partial charge in [0, 0.05) is 17.1 Å². The monoisotopic (exact) mass is 199 g/mol. The molecule has 4 heteroatoms. The minimum Gasteiger partial charge on any atom is -0.277 e. The Labute approximate surface area is 86.6 Å². The maximum absolute atomic E-state index is 10.0. The minimum absolute atomic E-state index is 0.528. The van der Waals surface area contributed by atoms with Crippen LogP contribution in [0.25, 0.3) is 10.9 Å². The number of carbonyl (C=O) groups is 1. The number of hydrazone groups is 1. The molecule has 74 valence electrons. The van der Waals surface area contributed by atoms with Crippen LogP contribution < -0.4 is 5.43 Å². The molecule has 1 N–H and O–H groups in total. The molecule has 0 radical (unpaired) electrons. The summed E-state index contributed by atoms with van der Waals surface area (Å²) in [7, 11) is 0. The first-order valence-electron chi connectivity index (χ1n) is 4.48. The summed E-state index contributed by atoms with van der Waals surface area (Å²) < 4.78 is 0. The van der Waals surface area contributed by atoms with Gasteiger partial charge in [-0.25, -0.2) is 5.43 Å². The fourth-order valence-electron chi connectivity index (χ4n) is 1.37. The van der Waals surface area contributed by atoms with Crippen molar-refractivity contribution in [3.63, 3.8) is 0 Å². The molecule has 0 bridgehead atoms. The highest BCUT2D eigenvalue weighted by Crippen LogP contribution is 2.13. The number of amides is 1. The van der Waals surface area contributed by atoms with Gasteiger partial charge < -0.3 is 0 Å². The highest BCUT2D eigenvalue weighted by molar-refractivity contribution is 5.97. The summed E-state index contributed by atoms with van der Waals surface area (Å²) in [6.07, 6.45) is 3.84. The number of aromatic nitrogens is 1. The van der Waals surface area contributed by atoms with Crippen LogP contribution in [0.5, 0.6) is 0 Å². The molecule has 0 atom stereocenters. The van der Waals surface area contributed by atoms with Crippen LogP contribution in [0.4, 0.5) is 0 Å². The van der Waals surface area contributed by atoms with Gasteiger partial charge in [-0.2, -0.15) is 5.10 Å². The third-order valence-corrected chi connectivity index (χ3v) is 2.01. The highest BCUT2D eigenvalue weighted by atomic mass is 16.1. The van der Waals surface area contributed by atoms with Crippen LogP contribution in [-0.2, 0) is 4.79 Å². The van der Waals surface area contributed by atoms with Gasteiger partial charge in [0.2, 0.25) is 6.41 Å². The Morgan fingerprint density at radius 1 is 1.27 bits per heavy atom. The van der Waals surface area contributed by atoms with Crippen molar-refractivity contribution >= 4 is 23.5 Å². The van der Waals surface area contributed by atoms with Crippen LogP contribution in [0.3, 0.4) is 0 Å². The predicted octanol–water partition coefficient (Wildman–Crippen LogP) is 1.31. The lowest BCUT2D eigenvalue weighted by Crippen LogP contribution is -2.00. The average Bonchev–Trinajstić information content (AvgIpc) is 2.30. The molecule has 2 rings (SSSR count). The molecule has 1 amide bonds. The molecule has 0 fully saturated rings. The number of fused-ring (bicyclic) bond motifs is 1. The van der Waals surface area contributed by atoms with Crippen LogP contribution in [0, 0.1) is 0 Å². The Balaban J connectivity index is 2.46. The van der Waals surface area contributed by atoms with E-state index in [4.69, 9.17) is 0 Å². The van der Waals surface area contributed by atoms with Crippen LogP contribution >= 0.6 is 0 Å². The lowest BCUT2D eigenvalue weighted by atomic mass is 10.1. The van der Waals surface area contributed by atoms with Crippen molar-refractivity contribution in [3.05, 3.63) is 42.1 Å². The smallest absolute Gasteiger partial charge is 0.227 e. The minimum atomic E-state index is 0.528. The summed E-state index contributed by atoms with van der Waals surface area (Å²) in [5.41, 5.74) is 4.07. The SMILES string of the molecule is O=CNN=Cc1ccnc2ccccc12. The molecule has 0 saturated carbocycles. The van der Waals surface area contributed by atoms with Crippen molar-refractivity contribution in [2.45, 2.75) is 0 Å². The molecule has 0 aliphatic heterocycles. The second-order valence-corrected chi connectivity index (χ2v) is 2.92. The molecular weight excluding hydrogens is 190 g/mol. The summed E-state index contributed by atoms with van der Waals surface area (Å²) in [5.74, 6) is 0. The van der Waals surface area contributed by atoms with E-state index in [1.54, 1.807) is 12.4 Å². The summed E-state index contributed by atoms with van der Waals surface area (Å²) >= 11 is 0. The van der Waals surface area contributed by atoms with Gasteiger partial charge in [0.25, 0.3) is 0 Å². The first-order chi connectivity index (χ1) is 7.42. The summed E-state index contributed by atoms with van der Waals surface area (Å²) in [6.45, 7) is 0. The molecule has 1 aromatic heterocycles. The second-order valence-electron chi connectivity index (χ2n) is 2.92. The van der Waals surface area contributed by atoms with Gasteiger partial charge in [-0.15, -0.1) is 0 Å². The van der Waals surface area contributed by atoms with Gasteiger partial charge in [-0.05, 0) is 12.1 Å². The topological polar surface area (TPSA) is 54.4 Å². The number of pyridine rings is 1. The summed E-state index contributed by atoms with van der Waals surface area (Å²) in [6, 6.07) is 9.61. The van der Waals surface area contributed by atoms with Gasteiger partial charge in [-0.3, -0.25) is 9.78 Å². The largest absolute Gasteiger partial charge is 0.277 e. The Kier molecular flexibility index (Phi) is 2.69. The maximum atomic E-state index is 10.0. The summed E-state index contributed by atoms with van der Waals surface area (Å²) in [5, 5.41) is 4.75. The van der Waals surface area contributed by atoms with Crippen molar-refractivity contribution in [2.75, 3.05) is 0 Å². The number of nitrogens with zero attached hydrogens (tertiary/aromatic N) is 2. The van der Waals surface area contributed by atoms with Gasteiger partial charge >= 0.3 is 0 Å². The predicted molar refractivity (Wildman–Crippen MR) is 58.5 cm³/mol. The molecule has 15 heavy (non-hydrogen) atoms. The van der Waals surface area contributed by atoms with E-state index in [1.807, 2.05) is 30.3 Å². The van der Waals surface area contributed by atoms with Crippen LogP contribution in [0.1, 0.15) is 5.56 Å². The zero-order valence-corrected chi connectivity index (χ0v) is 7.92. The standard InChI is InChI=1S/C11H9N3O/c15-8-14-13-7-9-5-6-12-11-4-2-1-3-10(9)11/h1-8H,(H,14,15). The van der Waals surface area contributed by atoms with Gasteiger partial charge in [0.05, 0.1) is 11.7 Å². The van der Waals surface area contributed by atoms with E-state index in [-0.39, 0.29) is 0 Å². The number of carbonyl (C=O) groups excluding carboxylic acids is 1. The van der Waals surface area contributed by atoms with E-state index >= 15 is 0 Å². The Morgan fingerprint density at radius 3 is 3.00 bits per heavy atom. The van der Waals surface area contributed by atoms with Crippen LogP contribution in [-0.4, -0.2) is 17.6 Å². The lowest BCUT2D eigenvalue weighted by Gasteiger charge is -1.99. The van der Waals surface area contributed by atoms with E-state index in [2.05, 4.69) is 15.5 Å². The molecule has 1 aromatic carbocycles. The van der Waals surface area contributed by atoms with Gasteiger partial charge in [0.1, 0.15) is 0 Å². The molecule has 0 saturated heterocycles. The first-order valence-corrected chi connectivity index (χ1v) is 4.48. The Hall–Kier alpha value is -2.23. The second kappa shape index (κ2) is 4.32. The van der Waals surface area contributed by atoms with E-state index in [0.29, 0.717) is 6.41 Å². The molecular formula is C11H9N3O. The van der Waals surface area contributed by atoms with Crippen LogP contribution in [0.15, 0.2) is 41.6 Å². The number of benzene rings is 1. The average molecular weight is 199 g/mol. The van der Waals surface area contributed by atoms with Crippen molar-refractivity contribution in [1.29, 1.82) is 0 Å². The van der Waals surface area contributed by atoms with E-state index in [9.17, 15) is 4.79 Å². The highest BCUT2D eigenvalue weighted by Gasteiger charge is 1.97. The molecule has 0 aliphatic rings. The molecule has 4 nitrogen and oxygen atoms in total. The van der Waals surface area contributed by atoms with Crippen molar-refractivity contribution in [2.24, 2.45) is 5.10 Å². The van der Waals surface area contributed by atoms with Crippen molar-refractivity contribution in [3.8, 4) is 0 Å². The lowest BCUT2D eigenvalue weighted by molar-refractivity contribution is -0.109. The van der Waals surface area contributed by atoms with Crippen molar-refractivity contribution in [1.82, 2.24) is 10.4 Å². The first kappa shape index (κ1) is 9.33. The number of rotatable bonds is 3. The van der Waals surface area contributed by atoms with E-state index in [1.165, 1.54) is 0 Å². The van der Waals surface area contributed by atoms with Crippen LogP contribution in [0.2, 0.25) is 0 Å². The zero-order valence-electron chi connectivity index (χ0n) is 7.92. The number of nitrogens with one attached hydrogen (secondary N) is 1. The van der Waals surface area contributed by atoms with Crippen molar-refractivity contribution < 1.29 is 4.79 Å². The fourth-order valence-corrected chi connectivity index (χ4v) is 1.37. The fraction of sp³-hybridized carbons (Fsp3) is 0. The van der Waals surface area contributed by atoms with Gasteiger partial charge in [0.15, 0.2) is 0 Å². The molecule has 0 spiro atoms. The normalized spacial score (nSPS) is 10.7. The number of hydrogen-bond acceptors (Lipinski definition) is 3. The maximum Gasteiger partial charge on any atom is 0.227 e.